The maximum Gasteiger partial charge on any atom is 0.265 e. The van der Waals surface area contributed by atoms with Crippen LogP contribution in [-0.2, 0) is 9.59 Å². The van der Waals surface area contributed by atoms with Crippen LogP contribution in [0.5, 0.6) is 5.88 Å². The van der Waals surface area contributed by atoms with Crippen LogP contribution in [0, 0.1) is 5.92 Å². The summed E-state index contributed by atoms with van der Waals surface area (Å²) in [5.41, 5.74) is 2.08. The topological polar surface area (TPSA) is 110 Å². The number of hydrogen-bond acceptors (Lipinski definition) is 7. The smallest absolute Gasteiger partial charge is 0.265 e. The zero-order valence-corrected chi connectivity index (χ0v) is 15.7. The summed E-state index contributed by atoms with van der Waals surface area (Å²) in [5.74, 6) is -1.08. The van der Waals surface area contributed by atoms with E-state index < -0.39 is 17.7 Å². The third kappa shape index (κ3) is 3.57. The summed E-state index contributed by atoms with van der Waals surface area (Å²) in [6, 6.07) is 10.3. The summed E-state index contributed by atoms with van der Waals surface area (Å²) in [6.45, 7) is 1.64. The highest BCUT2D eigenvalue weighted by Gasteiger charge is 2.40. The van der Waals surface area contributed by atoms with Crippen molar-refractivity contribution in [1.82, 2.24) is 9.97 Å². The number of nitrogens with one attached hydrogen (secondary N) is 1. The predicted molar refractivity (Wildman–Crippen MR) is 105 cm³/mol. The molecule has 0 aliphatic carbocycles. The van der Waals surface area contributed by atoms with Crippen molar-refractivity contribution in [2.24, 2.45) is 11.0 Å². The van der Waals surface area contributed by atoms with Crippen LogP contribution < -0.4 is 15.1 Å². The van der Waals surface area contributed by atoms with Crippen LogP contribution in [-0.4, -0.2) is 34.6 Å². The molecule has 2 aromatic heterocycles. The molecule has 0 radical (unpaired) electrons. The van der Waals surface area contributed by atoms with Crippen LogP contribution >= 0.6 is 0 Å². The lowest BCUT2D eigenvalue weighted by Crippen LogP contribution is -2.36. The van der Waals surface area contributed by atoms with E-state index in [-0.39, 0.29) is 0 Å². The summed E-state index contributed by atoms with van der Waals surface area (Å²) in [6.07, 6.45) is 4.48. The van der Waals surface area contributed by atoms with Crippen LogP contribution in [0.3, 0.4) is 0 Å². The summed E-state index contributed by atoms with van der Waals surface area (Å²) in [4.78, 5) is 33.8. The van der Waals surface area contributed by atoms with Gasteiger partial charge in [-0.05, 0) is 31.2 Å². The molecule has 1 atom stereocenters. The Balaban J connectivity index is 1.51. The minimum absolute atomic E-state index is 0.396. The molecule has 1 N–H and O–H groups in total. The Morgan fingerprint density at radius 3 is 2.79 bits per heavy atom. The summed E-state index contributed by atoms with van der Waals surface area (Å²) >= 11 is 0. The summed E-state index contributed by atoms with van der Waals surface area (Å²) < 4.78 is 10.3. The van der Waals surface area contributed by atoms with Crippen molar-refractivity contribution in [1.29, 1.82) is 0 Å². The van der Waals surface area contributed by atoms with Gasteiger partial charge in [-0.15, -0.1) is 0 Å². The Kier molecular flexibility index (Phi) is 4.78. The van der Waals surface area contributed by atoms with Gasteiger partial charge in [-0.2, -0.15) is 10.1 Å². The largest absolute Gasteiger partial charge is 0.481 e. The third-order valence-electron chi connectivity index (χ3n) is 4.38. The molecule has 0 bridgehead atoms. The first-order valence-corrected chi connectivity index (χ1v) is 8.76. The van der Waals surface area contributed by atoms with Gasteiger partial charge in [0.25, 0.3) is 5.91 Å². The Labute approximate surface area is 166 Å². The molecule has 4 rings (SSSR count). The van der Waals surface area contributed by atoms with E-state index in [2.05, 4.69) is 20.4 Å². The number of methoxy groups -OCH3 is 1. The number of ether oxygens (including phenoxy) is 1. The fourth-order valence-electron chi connectivity index (χ4n) is 2.98. The first-order valence-electron chi connectivity index (χ1n) is 8.76. The number of rotatable bonds is 5. The molecule has 9 heteroatoms. The number of carbonyl (C=O) groups is 2. The third-order valence-corrected chi connectivity index (χ3v) is 4.38. The van der Waals surface area contributed by atoms with E-state index in [0.29, 0.717) is 34.4 Å². The average Bonchev–Trinajstić information content (AvgIpc) is 3.36. The molecule has 3 aromatic rings. The zero-order valence-electron chi connectivity index (χ0n) is 15.7. The van der Waals surface area contributed by atoms with Gasteiger partial charge >= 0.3 is 0 Å². The number of pyridine rings is 1. The highest BCUT2D eigenvalue weighted by Crippen LogP contribution is 2.26. The van der Waals surface area contributed by atoms with Gasteiger partial charge < -0.3 is 14.5 Å². The normalized spacial score (nSPS) is 15.9. The maximum atomic E-state index is 12.8. The van der Waals surface area contributed by atoms with Gasteiger partial charge in [0.2, 0.25) is 17.7 Å². The second-order valence-electron chi connectivity index (χ2n) is 6.29. The Bertz CT molecular complexity index is 1080. The first-order chi connectivity index (χ1) is 14.1. The van der Waals surface area contributed by atoms with Gasteiger partial charge in [0.15, 0.2) is 5.92 Å². The van der Waals surface area contributed by atoms with E-state index in [9.17, 15) is 9.59 Å². The minimum atomic E-state index is -1.03. The van der Waals surface area contributed by atoms with E-state index in [1.54, 1.807) is 43.5 Å². The van der Waals surface area contributed by atoms with Crippen LogP contribution in [0.15, 0.2) is 64.6 Å². The lowest BCUT2D eigenvalue weighted by atomic mass is 10.0. The number of hydrogen-bond donors (Lipinski definition) is 1. The van der Waals surface area contributed by atoms with Crippen molar-refractivity contribution in [2.45, 2.75) is 6.92 Å². The average molecular weight is 391 g/mol. The molecule has 9 nitrogen and oxygen atoms in total. The van der Waals surface area contributed by atoms with E-state index in [1.165, 1.54) is 24.6 Å². The SMILES string of the molecule is COc1ccc(N2N=C(C)C(C(=O)Nc3cccc(-c4ncco4)c3)C2=O)cn1. The van der Waals surface area contributed by atoms with Crippen molar-refractivity contribution in [3.63, 3.8) is 0 Å². The summed E-state index contributed by atoms with van der Waals surface area (Å²) in [5, 5.41) is 8.17. The fourth-order valence-corrected chi connectivity index (χ4v) is 2.98. The van der Waals surface area contributed by atoms with E-state index in [0.717, 1.165) is 0 Å². The highest BCUT2D eigenvalue weighted by atomic mass is 16.5. The van der Waals surface area contributed by atoms with Gasteiger partial charge in [0.1, 0.15) is 6.26 Å². The molecule has 1 unspecified atom stereocenters. The number of carbonyl (C=O) groups excluding carboxylic acids is 2. The lowest BCUT2D eigenvalue weighted by Gasteiger charge is -2.14. The zero-order chi connectivity index (χ0) is 20.4. The fraction of sp³-hybridized carbons (Fsp3) is 0.150. The Morgan fingerprint density at radius 1 is 1.24 bits per heavy atom. The van der Waals surface area contributed by atoms with Crippen LogP contribution in [0.1, 0.15) is 6.92 Å². The Morgan fingerprint density at radius 2 is 2.10 bits per heavy atom. The van der Waals surface area contributed by atoms with Crippen LogP contribution in [0.4, 0.5) is 11.4 Å². The minimum Gasteiger partial charge on any atom is -0.481 e. The number of oxazole rings is 1. The molecule has 0 saturated carbocycles. The monoisotopic (exact) mass is 391 g/mol. The first kappa shape index (κ1) is 18.4. The predicted octanol–water partition coefficient (Wildman–Crippen LogP) is 2.72. The molecule has 2 amide bonds. The van der Waals surface area contributed by atoms with E-state index in [1.807, 2.05) is 6.07 Å². The number of amides is 2. The van der Waals surface area contributed by atoms with Crippen molar-refractivity contribution in [2.75, 3.05) is 17.4 Å². The van der Waals surface area contributed by atoms with Crippen LogP contribution in [0.2, 0.25) is 0 Å². The van der Waals surface area contributed by atoms with Gasteiger partial charge in [0, 0.05) is 17.3 Å². The molecule has 0 saturated heterocycles. The van der Waals surface area contributed by atoms with Gasteiger partial charge in [-0.1, -0.05) is 6.07 Å². The van der Waals surface area contributed by atoms with Gasteiger partial charge in [-0.25, -0.2) is 9.97 Å². The molecule has 1 aromatic carbocycles. The molecular weight excluding hydrogens is 374 g/mol. The van der Waals surface area contributed by atoms with Crippen LogP contribution in [0.25, 0.3) is 11.5 Å². The second-order valence-corrected chi connectivity index (χ2v) is 6.29. The molecular formula is C20H17N5O4. The van der Waals surface area contributed by atoms with Gasteiger partial charge in [0.05, 0.1) is 30.9 Å². The molecule has 3 heterocycles. The number of benzene rings is 1. The lowest BCUT2D eigenvalue weighted by molar-refractivity contribution is -0.127. The second kappa shape index (κ2) is 7.55. The van der Waals surface area contributed by atoms with Crippen molar-refractivity contribution in [3.05, 3.63) is 55.1 Å². The van der Waals surface area contributed by atoms with E-state index in [4.69, 9.17) is 9.15 Å². The molecule has 0 spiro atoms. The molecule has 0 fully saturated rings. The highest BCUT2D eigenvalue weighted by molar-refractivity contribution is 6.28. The number of anilines is 2. The van der Waals surface area contributed by atoms with Crippen molar-refractivity contribution in [3.8, 4) is 17.3 Å². The Hall–Kier alpha value is -4.01. The van der Waals surface area contributed by atoms with Crippen molar-refractivity contribution >= 4 is 28.9 Å². The summed E-state index contributed by atoms with van der Waals surface area (Å²) in [7, 11) is 1.50. The standard InChI is InChI=1S/C20H17N5O4/c1-12-17(20(27)25(24-12)15-6-7-16(28-2)22-11-15)18(26)23-14-5-3-4-13(10-14)19-21-8-9-29-19/h3-11,17H,1-2H3,(H,23,26). The quantitative estimate of drug-likeness (QED) is 0.670. The number of nitrogens with zero attached hydrogens (tertiary/aromatic N) is 4. The number of aromatic nitrogens is 2. The molecule has 1 aliphatic rings. The van der Waals surface area contributed by atoms with Gasteiger partial charge in [-0.3, -0.25) is 9.59 Å². The molecule has 146 valence electrons. The maximum absolute atomic E-state index is 12.8. The van der Waals surface area contributed by atoms with Crippen molar-refractivity contribution < 1.29 is 18.7 Å². The van der Waals surface area contributed by atoms with E-state index >= 15 is 0 Å². The molecule has 29 heavy (non-hydrogen) atoms. The molecule has 1 aliphatic heterocycles. The number of hydrazone groups is 1.